The van der Waals surface area contributed by atoms with Gasteiger partial charge in [0.1, 0.15) is 5.75 Å². The number of nitrogens with zero attached hydrogens (tertiary/aromatic N) is 1. The minimum atomic E-state index is -1.09. The highest BCUT2D eigenvalue weighted by molar-refractivity contribution is 5.94. The van der Waals surface area contributed by atoms with E-state index in [1.807, 2.05) is 13.0 Å². The van der Waals surface area contributed by atoms with Crippen LogP contribution in [0.2, 0.25) is 0 Å². The summed E-state index contributed by atoms with van der Waals surface area (Å²) in [5, 5.41) is 9.37. The molecule has 0 aliphatic heterocycles. The topological polar surface area (TPSA) is 85.7 Å². The summed E-state index contributed by atoms with van der Waals surface area (Å²) in [6.45, 7) is 3.34. The van der Waals surface area contributed by atoms with Gasteiger partial charge in [-0.15, -0.1) is 0 Å². The molecule has 0 aliphatic carbocycles. The molecule has 6 nitrogen and oxygen atoms in total. The number of esters is 1. The molecule has 2 rings (SSSR count). The van der Waals surface area contributed by atoms with E-state index in [1.165, 1.54) is 6.07 Å². The van der Waals surface area contributed by atoms with Gasteiger partial charge in [0, 0.05) is 11.5 Å². The number of pyridine rings is 1. The van der Waals surface area contributed by atoms with Crippen LogP contribution in [-0.2, 0) is 9.53 Å². The van der Waals surface area contributed by atoms with E-state index in [1.54, 1.807) is 19.1 Å². The summed E-state index contributed by atoms with van der Waals surface area (Å²) in [5.74, 6) is -1.36. The lowest BCUT2D eigenvalue weighted by Crippen LogP contribution is -2.12. The van der Waals surface area contributed by atoms with Gasteiger partial charge in [-0.3, -0.25) is 0 Å². The number of carboxylic acids is 1. The number of aromatic nitrogens is 1. The number of hydrogen-bond acceptors (Lipinski definition) is 5. The van der Waals surface area contributed by atoms with Crippen molar-refractivity contribution in [3.8, 4) is 5.75 Å². The lowest BCUT2D eigenvalue weighted by molar-refractivity contribution is -0.139. The molecule has 0 radical (unpaired) electrons. The second-order valence-electron chi connectivity index (χ2n) is 4.43. The number of ether oxygens (including phenoxy) is 2. The van der Waals surface area contributed by atoms with Crippen molar-refractivity contribution in [3.63, 3.8) is 0 Å². The highest BCUT2D eigenvalue weighted by atomic mass is 16.5. The van der Waals surface area contributed by atoms with Gasteiger partial charge in [0.2, 0.25) is 0 Å². The summed E-state index contributed by atoms with van der Waals surface area (Å²) in [6, 6.07) is 6.84. The van der Waals surface area contributed by atoms with E-state index in [4.69, 9.17) is 14.6 Å². The van der Waals surface area contributed by atoms with Crippen LogP contribution in [0.15, 0.2) is 24.3 Å². The summed E-state index contributed by atoms with van der Waals surface area (Å²) in [6.07, 6.45) is 0. The molecule has 0 atom stereocenters. The fraction of sp³-hybridized carbons (Fsp3) is 0.267. The Balaban J connectivity index is 2.51. The molecule has 1 N–H and O–H groups in total. The van der Waals surface area contributed by atoms with Crippen molar-refractivity contribution < 1.29 is 24.2 Å². The Hall–Kier alpha value is -2.63. The zero-order chi connectivity index (χ0) is 15.4. The van der Waals surface area contributed by atoms with Crippen LogP contribution in [0.1, 0.15) is 23.0 Å². The van der Waals surface area contributed by atoms with E-state index in [0.29, 0.717) is 16.7 Å². The molecule has 0 aliphatic rings. The molecule has 0 fully saturated rings. The summed E-state index contributed by atoms with van der Waals surface area (Å²) in [4.78, 5) is 26.7. The Labute approximate surface area is 121 Å². The summed E-state index contributed by atoms with van der Waals surface area (Å²) < 4.78 is 10.2. The third-order valence-corrected chi connectivity index (χ3v) is 2.76. The SMILES string of the molecule is CCOC(=O)c1cc(OCC(=O)O)c2ccc(C)cc2n1. The van der Waals surface area contributed by atoms with Crippen molar-refractivity contribution in [2.75, 3.05) is 13.2 Å². The first kappa shape index (κ1) is 14.8. The molecule has 110 valence electrons. The second kappa shape index (κ2) is 6.21. The number of aliphatic carboxylic acids is 1. The normalized spacial score (nSPS) is 10.4. The smallest absolute Gasteiger partial charge is 0.357 e. The fourth-order valence-electron chi connectivity index (χ4n) is 1.88. The van der Waals surface area contributed by atoms with Crippen molar-refractivity contribution in [1.82, 2.24) is 4.98 Å². The van der Waals surface area contributed by atoms with E-state index >= 15 is 0 Å². The average Bonchev–Trinajstić information content (AvgIpc) is 2.44. The second-order valence-corrected chi connectivity index (χ2v) is 4.43. The third-order valence-electron chi connectivity index (χ3n) is 2.76. The lowest BCUT2D eigenvalue weighted by atomic mass is 10.1. The van der Waals surface area contributed by atoms with Gasteiger partial charge < -0.3 is 14.6 Å². The fourth-order valence-corrected chi connectivity index (χ4v) is 1.88. The van der Waals surface area contributed by atoms with Crippen molar-refractivity contribution in [2.24, 2.45) is 0 Å². The van der Waals surface area contributed by atoms with Gasteiger partial charge in [0.15, 0.2) is 12.3 Å². The van der Waals surface area contributed by atoms with Crippen LogP contribution in [0.25, 0.3) is 10.9 Å². The largest absolute Gasteiger partial charge is 0.481 e. The van der Waals surface area contributed by atoms with Gasteiger partial charge in [-0.25, -0.2) is 14.6 Å². The molecule has 21 heavy (non-hydrogen) atoms. The number of aryl methyl sites for hydroxylation is 1. The number of fused-ring (bicyclic) bond motifs is 1. The lowest BCUT2D eigenvalue weighted by Gasteiger charge is -2.10. The highest BCUT2D eigenvalue weighted by Gasteiger charge is 2.14. The Morgan fingerprint density at radius 1 is 1.29 bits per heavy atom. The van der Waals surface area contributed by atoms with E-state index in [-0.39, 0.29) is 12.3 Å². The summed E-state index contributed by atoms with van der Waals surface area (Å²) in [7, 11) is 0. The molecule has 0 unspecified atom stereocenters. The molecular formula is C15H15NO5. The zero-order valence-corrected chi connectivity index (χ0v) is 11.8. The molecule has 1 heterocycles. The molecule has 0 spiro atoms. The maximum absolute atomic E-state index is 11.8. The maximum Gasteiger partial charge on any atom is 0.357 e. The molecule has 6 heteroatoms. The minimum absolute atomic E-state index is 0.0929. The first-order chi connectivity index (χ1) is 10.0. The zero-order valence-electron chi connectivity index (χ0n) is 11.8. The standard InChI is InChI=1S/C15H15NO5/c1-3-20-15(19)12-7-13(21-8-14(17)18)10-5-4-9(2)6-11(10)16-12/h4-7H,3,8H2,1-2H3,(H,17,18). The van der Waals surface area contributed by atoms with Crippen LogP contribution < -0.4 is 4.74 Å². The van der Waals surface area contributed by atoms with Crippen LogP contribution in [0.5, 0.6) is 5.75 Å². The molecule has 0 bridgehead atoms. The monoisotopic (exact) mass is 289 g/mol. The molecule has 1 aromatic heterocycles. The Morgan fingerprint density at radius 3 is 2.71 bits per heavy atom. The molecule has 0 amide bonds. The Morgan fingerprint density at radius 2 is 2.05 bits per heavy atom. The number of rotatable bonds is 5. The predicted molar refractivity (Wildman–Crippen MR) is 75.6 cm³/mol. The summed E-state index contributed by atoms with van der Waals surface area (Å²) >= 11 is 0. The number of carboxylic acid groups (broad SMARTS) is 1. The van der Waals surface area contributed by atoms with Crippen molar-refractivity contribution >= 4 is 22.8 Å². The first-order valence-electron chi connectivity index (χ1n) is 6.44. The van der Waals surface area contributed by atoms with Crippen LogP contribution >= 0.6 is 0 Å². The predicted octanol–water partition coefficient (Wildman–Crippen LogP) is 2.18. The van der Waals surface area contributed by atoms with Gasteiger partial charge >= 0.3 is 11.9 Å². The van der Waals surface area contributed by atoms with Crippen molar-refractivity contribution in [3.05, 3.63) is 35.5 Å². The number of hydrogen-bond donors (Lipinski definition) is 1. The molecule has 0 saturated heterocycles. The van der Waals surface area contributed by atoms with E-state index < -0.39 is 18.5 Å². The third kappa shape index (κ3) is 3.47. The van der Waals surface area contributed by atoms with Crippen LogP contribution in [0, 0.1) is 6.92 Å². The van der Waals surface area contributed by atoms with Gasteiger partial charge in [0.25, 0.3) is 0 Å². The number of carbonyl (C=O) groups is 2. The van der Waals surface area contributed by atoms with Gasteiger partial charge in [-0.05, 0) is 31.5 Å². The van der Waals surface area contributed by atoms with Crippen molar-refractivity contribution in [1.29, 1.82) is 0 Å². The first-order valence-corrected chi connectivity index (χ1v) is 6.44. The van der Waals surface area contributed by atoms with Gasteiger partial charge in [0.05, 0.1) is 12.1 Å². The minimum Gasteiger partial charge on any atom is -0.481 e. The van der Waals surface area contributed by atoms with Crippen LogP contribution in [-0.4, -0.2) is 35.2 Å². The molecule has 2 aromatic rings. The maximum atomic E-state index is 11.8. The van der Waals surface area contributed by atoms with E-state index in [0.717, 1.165) is 5.56 Å². The summed E-state index contributed by atoms with van der Waals surface area (Å²) in [5.41, 5.74) is 1.62. The molecule has 0 saturated carbocycles. The highest BCUT2D eigenvalue weighted by Crippen LogP contribution is 2.26. The van der Waals surface area contributed by atoms with E-state index in [9.17, 15) is 9.59 Å². The number of carbonyl (C=O) groups excluding carboxylic acids is 1. The molecular weight excluding hydrogens is 274 g/mol. The van der Waals surface area contributed by atoms with Crippen LogP contribution in [0.3, 0.4) is 0 Å². The average molecular weight is 289 g/mol. The molecule has 1 aromatic carbocycles. The van der Waals surface area contributed by atoms with Gasteiger partial charge in [-0.1, -0.05) is 6.07 Å². The Kier molecular flexibility index (Phi) is 4.37. The Bertz CT molecular complexity index is 696. The van der Waals surface area contributed by atoms with E-state index in [2.05, 4.69) is 4.98 Å². The quantitative estimate of drug-likeness (QED) is 0.849. The van der Waals surface area contributed by atoms with Crippen LogP contribution in [0.4, 0.5) is 0 Å². The van der Waals surface area contributed by atoms with Crippen molar-refractivity contribution in [2.45, 2.75) is 13.8 Å². The number of benzene rings is 1. The van der Waals surface area contributed by atoms with Gasteiger partial charge in [-0.2, -0.15) is 0 Å².